The molecule has 116 valence electrons. The van der Waals surface area contributed by atoms with Gasteiger partial charge in [0.15, 0.2) is 11.4 Å². The van der Waals surface area contributed by atoms with Gasteiger partial charge in [-0.3, -0.25) is 4.79 Å². The minimum Gasteiger partial charge on any atom is -0.507 e. The van der Waals surface area contributed by atoms with Crippen LogP contribution in [0, 0.1) is 26.2 Å². The summed E-state index contributed by atoms with van der Waals surface area (Å²) in [6.45, 7) is 13.4. The van der Waals surface area contributed by atoms with Crippen LogP contribution in [0.15, 0.2) is 0 Å². The second-order valence-corrected chi connectivity index (χ2v) is 7.44. The van der Waals surface area contributed by atoms with Crippen molar-refractivity contribution in [1.82, 2.24) is 0 Å². The molecular formula is C18H26O3. The summed E-state index contributed by atoms with van der Waals surface area (Å²) < 4.78 is 6.19. The third kappa shape index (κ3) is 2.43. The van der Waals surface area contributed by atoms with Gasteiger partial charge in [0.2, 0.25) is 0 Å². The van der Waals surface area contributed by atoms with E-state index in [0.29, 0.717) is 12.2 Å². The minimum absolute atomic E-state index is 0.128. The molecular weight excluding hydrogens is 264 g/mol. The maximum absolute atomic E-state index is 12.7. The Labute approximate surface area is 127 Å². The highest BCUT2D eigenvalue weighted by molar-refractivity contribution is 5.92. The van der Waals surface area contributed by atoms with Gasteiger partial charge in [0.1, 0.15) is 11.5 Å². The molecule has 0 saturated heterocycles. The Morgan fingerprint density at radius 3 is 2.24 bits per heavy atom. The van der Waals surface area contributed by atoms with Crippen molar-refractivity contribution in [2.75, 3.05) is 0 Å². The van der Waals surface area contributed by atoms with Crippen molar-refractivity contribution < 1.29 is 14.6 Å². The van der Waals surface area contributed by atoms with Gasteiger partial charge in [0, 0.05) is 11.0 Å². The summed E-state index contributed by atoms with van der Waals surface area (Å²) in [6.07, 6.45) is 1.41. The molecule has 3 heteroatoms. The van der Waals surface area contributed by atoms with Crippen LogP contribution in [0.1, 0.15) is 56.4 Å². The Hall–Kier alpha value is -1.51. The lowest BCUT2D eigenvalue weighted by molar-refractivity contribution is -0.142. The number of aromatic hydroxyl groups is 1. The van der Waals surface area contributed by atoms with Crippen LogP contribution in [0.4, 0.5) is 0 Å². The number of rotatable bonds is 1. The fraction of sp³-hybridized carbons (Fsp3) is 0.611. The Balaban J connectivity index is 2.53. The van der Waals surface area contributed by atoms with E-state index >= 15 is 0 Å². The Morgan fingerprint density at radius 1 is 1.14 bits per heavy atom. The predicted molar refractivity (Wildman–Crippen MR) is 84.1 cm³/mol. The third-order valence-electron chi connectivity index (χ3n) is 4.68. The lowest BCUT2D eigenvalue weighted by atomic mass is 9.76. The van der Waals surface area contributed by atoms with Crippen molar-refractivity contribution in [3.8, 4) is 11.5 Å². The molecule has 0 unspecified atom stereocenters. The van der Waals surface area contributed by atoms with E-state index < -0.39 is 11.0 Å². The smallest absolute Gasteiger partial charge is 0.181 e. The molecule has 1 N–H and O–H groups in total. The molecule has 1 aliphatic heterocycles. The number of Topliss-reactive ketones (excluding diaryl/α,β-unsaturated/α-hetero) is 1. The first-order chi connectivity index (χ1) is 9.49. The van der Waals surface area contributed by atoms with E-state index in [-0.39, 0.29) is 5.78 Å². The van der Waals surface area contributed by atoms with Crippen molar-refractivity contribution in [3.05, 3.63) is 22.3 Å². The van der Waals surface area contributed by atoms with E-state index in [1.807, 2.05) is 48.5 Å². The first-order valence-corrected chi connectivity index (χ1v) is 7.54. The normalized spacial score (nSPS) is 21.7. The molecule has 0 aromatic heterocycles. The van der Waals surface area contributed by atoms with Gasteiger partial charge < -0.3 is 9.84 Å². The highest BCUT2D eigenvalue weighted by Crippen LogP contribution is 2.44. The van der Waals surface area contributed by atoms with E-state index in [0.717, 1.165) is 34.4 Å². The molecule has 1 aliphatic rings. The van der Waals surface area contributed by atoms with Gasteiger partial charge in [-0.05, 0) is 57.2 Å². The Bertz CT molecular complexity index is 608. The quantitative estimate of drug-likeness (QED) is 0.850. The lowest BCUT2D eigenvalue weighted by Crippen LogP contribution is -2.49. The van der Waals surface area contributed by atoms with E-state index in [1.165, 1.54) is 0 Å². The fourth-order valence-electron chi connectivity index (χ4n) is 3.20. The Morgan fingerprint density at radius 2 is 1.71 bits per heavy atom. The van der Waals surface area contributed by atoms with Crippen LogP contribution in [0.3, 0.4) is 0 Å². The zero-order valence-corrected chi connectivity index (χ0v) is 14.2. The first-order valence-electron chi connectivity index (χ1n) is 7.54. The van der Waals surface area contributed by atoms with E-state index in [2.05, 4.69) is 0 Å². The molecule has 0 fully saturated rings. The topological polar surface area (TPSA) is 46.5 Å². The van der Waals surface area contributed by atoms with Crippen LogP contribution in [-0.4, -0.2) is 16.5 Å². The molecule has 1 heterocycles. The van der Waals surface area contributed by atoms with Crippen molar-refractivity contribution in [3.63, 3.8) is 0 Å². The second-order valence-electron chi connectivity index (χ2n) is 7.44. The maximum atomic E-state index is 12.7. The van der Waals surface area contributed by atoms with Gasteiger partial charge in [-0.25, -0.2) is 0 Å². The second kappa shape index (κ2) is 4.75. The minimum atomic E-state index is -0.786. The monoisotopic (exact) mass is 290 g/mol. The molecule has 0 spiro atoms. The standard InChI is InChI=1S/C18H26O3/c1-10-11(2)15-13(12(3)14(10)19)8-9-18(7,21-15)16(20)17(4,5)6/h19H,8-9H2,1-7H3/t18-/m0/s1. The number of ketones is 1. The number of ether oxygens (including phenoxy) is 1. The molecule has 21 heavy (non-hydrogen) atoms. The van der Waals surface area contributed by atoms with Crippen LogP contribution in [0.25, 0.3) is 0 Å². The SMILES string of the molecule is Cc1c(C)c2c(c(C)c1O)CC[C@@](C)(C(=O)C(C)(C)C)O2. The average Bonchev–Trinajstić information content (AvgIpc) is 2.41. The van der Waals surface area contributed by atoms with Gasteiger partial charge in [0.25, 0.3) is 0 Å². The lowest BCUT2D eigenvalue weighted by Gasteiger charge is -2.39. The predicted octanol–water partition coefficient (Wildman–Crippen LogP) is 4.02. The number of carbonyl (C=O) groups excluding carboxylic acids is 1. The molecule has 0 aliphatic carbocycles. The summed E-state index contributed by atoms with van der Waals surface area (Å²) in [7, 11) is 0. The van der Waals surface area contributed by atoms with Crippen LogP contribution in [0.2, 0.25) is 0 Å². The zero-order chi connectivity index (χ0) is 16.2. The van der Waals surface area contributed by atoms with E-state index in [9.17, 15) is 9.90 Å². The van der Waals surface area contributed by atoms with Gasteiger partial charge in [-0.15, -0.1) is 0 Å². The molecule has 0 bridgehead atoms. The molecule has 2 rings (SSSR count). The van der Waals surface area contributed by atoms with Crippen molar-refractivity contribution in [2.24, 2.45) is 5.41 Å². The summed E-state index contributed by atoms with van der Waals surface area (Å²) in [5.74, 6) is 1.26. The molecule has 0 amide bonds. The number of phenols is 1. The number of benzene rings is 1. The molecule has 1 aromatic carbocycles. The summed E-state index contributed by atoms with van der Waals surface area (Å²) in [6, 6.07) is 0. The summed E-state index contributed by atoms with van der Waals surface area (Å²) in [4.78, 5) is 12.7. The summed E-state index contributed by atoms with van der Waals surface area (Å²) >= 11 is 0. The third-order valence-corrected chi connectivity index (χ3v) is 4.68. The fourth-order valence-corrected chi connectivity index (χ4v) is 3.20. The largest absolute Gasteiger partial charge is 0.507 e. The summed E-state index contributed by atoms with van der Waals surface area (Å²) in [5, 5.41) is 10.2. The molecule has 0 saturated carbocycles. The average molecular weight is 290 g/mol. The van der Waals surface area contributed by atoms with Gasteiger partial charge >= 0.3 is 0 Å². The number of hydrogen-bond acceptors (Lipinski definition) is 3. The first kappa shape index (κ1) is 15.9. The molecule has 1 aromatic rings. The molecule has 1 atom stereocenters. The van der Waals surface area contributed by atoms with Gasteiger partial charge in [-0.2, -0.15) is 0 Å². The van der Waals surface area contributed by atoms with E-state index in [4.69, 9.17) is 4.74 Å². The highest BCUT2D eigenvalue weighted by Gasteiger charge is 2.45. The van der Waals surface area contributed by atoms with Crippen molar-refractivity contribution in [1.29, 1.82) is 0 Å². The van der Waals surface area contributed by atoms with Crippen LogP contribution >= 0.6 is 0 Å². The van der Waals surface area contributed by atoms with Gasteiger partial charge in [-0.1, -0.05) is 20.8 Å². The summed E-state index contributed by atoms with van der Waals surface area (Å²) in [5.41, 5.74) is 2.46. The Kier molecular flexibility index (Phi) is 3.59. The van der Waals surface area contributed by atoms with Crippen molar-refractivity contribution in [2.45, 2.75) is 66.9 Å². The van der Waals surface area contributed by atoms with Crippen LogP contribution in [0.5, 0.6) is 11.5 Å². The maximum Gasteiger partial charge on any atom is 0.181 e. The number of hydrogen-bond donors (Lipinski definition) is 1. The number of carbonyl (C=O) groups is 1. The molecule has 0 radical (unpaired) electrons. The molecule has 3 nitrogen and oxygen atoms in total. The number of phenolic OH excluding ortho intramolecular Hbond substituents is 1. The van der Waals surface area contributed by atoms with E-state index in [1.54, 1.807) is 0 Å². The van der Waals surface area contributed by atoms with Gasteiger partial charge in [0.05, 0.1) is 0 Å². The van der Waals surface area contributed by atoms with Crippen molar-refractivity contribution >= 4 is 5.78 Å². The van der Waals surface area contributed by atoms with Crippen LogP contribution in [-0.2, 0) is 11.2 Å². The van der Waals surface area contributed by atoms with Crippen LogP contribution < -0.4 is 4.74 Å². The highest BCUT2D eigenvalue weighted by atomic mass is 16.5. The zero-order valence-electron chi connectivity index (χ0n) is 14.2. The number of fused-ring (bicyclic) bond motifs is 1.